The molecule has 1 aliphatic heterocycles. The second kappa shape index (κ2) is 6.34. The van der Waals surface area contributed by atoms with Crippen LogP contribution in [0.5, 0.6) is 0 Å². The van der Waals surface area contributed by atoms with Gasteiger partial charge in [-0.1, -0.05) is 62.4 Å². The van der Waals surface area contributed by atoms with Crippen molar-refractivity contribution in [1.82, 2.24) is 9.78 Å². The van der Waals surface area contributed by atoms with Gasteiger partial charge in [0.25, 0.3) is 5.56 Å². The molecule has 29 heavy (non-hydrogen) atoms. The Bertz CT molecular complexity index is 1180. The molecule has 5 rings (SSSR count). The Morgan fingerprint density at radius 1 is 0.931 bits per heavy atom. The van der Waals surface area contributed by atoms with Crippen molar-refractivity contribution in [2.75, 3.05) is 5.32 Å². The molecular formula is C24H23N3O2. The number of carbonyl (C=O) groups is 1. The van der Waals surface area contributed by atoms with Crippen LogP contribution in [0.25, 0.3) is 5.69 Å². The number of hydrogen-bond acceptors (Lipinski definition) is 3. The molecule has 2 aromatic carbocycles. The lowest BCUT2D eigenvalue weighted by Crippen LogP contribution is -2.35. The number of allylic oxidation sites excluding steroid dienone is 2. The maximum absolute atomic E-state index is 13.5. The molecule has 1 aromatic heterocycles. The van der Waals surface area contributed by atoms with Gasteiger partial charge in [-0.2, -0.15) is 0 Å². The number of rotatable bonds is 2. The summed E-state index contributed by atoms with van der Waals surface area (Å²) in [5.41, 5.74) is 3.76. The molecule has 0 radical (unpaired) electrons. The smallest absolute Gasteiger partial charge is 0.277 e. The van der Waals surface area contributed by atoms with E-state index in [0.717, 1.165) is 28.9 Å². The molecular weight excluding hydrogens is 362 g/mol. The highest BCUT2D eigenvalue weighted by atomic mass is 16.1. The molecule has 0 spiro atoms. The molecule has 2 N–H and O–H groups in total. The van der Waals surface area contributed by atoms with Gasteiger partial charge in [0.05, 0.1) is 11.3 Å². The van der Waals surface area contributed by atoms with Crippen molar-refractivity contribution in [2.45, 2.75) is 32.6 Å². The van der Waals surface area contributed by atoms with Crippen LogP contribution in [0.1, 0.15) is 43.7 Å². The summed E-state index contributed by atoms with van der Waals surface area (Å²) in [5.74, 6) is 0.437. The molecule has 1 aliphatic carbocycles. The number of aromatic nitrogens is 2. The Morgan fingerprint density at radius 2 is 1.59 bits per heavy atom. The van der Waals surface area contributed by atoms with Crippen LogP contribution in [0.3, 0.4) is 0 Å². The van der Waals surface area contributed by atoms with Crippen LogP contribution in [0.15, 0.2) is 76.7 Å². The van der Waals surface area contributed by atoms with E-state index in [9.17, 15) is 9.59 Å². The minimum atomic E-state index is -0.361. The first-order valence-electron chi connectivity index (χ1n) is 9.93. The summed E-state index contributed by atoms with van der Waals surface area (Å²) in [6.07, 6.45) is 1.26. The van der Waals surface area contributed by atoms with Crippen molar-refractivity contribution in [1.29, 1.82) is 0 Å². The number of hydrogen-bond donors (Lipinski definition) is 2. The highest BCUT2D eigenvalue weighted by molar-refractivity contribution is 6.01. The summed E-state index contributed by atoms with van der Waals surface area (Å²) in [6, 6.07) is 19.4. The Kier molecular flexibility index (Phi) is 3.88. The van der Waals surface area contributed by atoms with Crippen LogP contribution in [0.2, 0.25) is 0 Å². The molecule has 146 valence electrons. The summed E-state index contributed by atoms with van der Waals surface area (Å²) in [6.45, 7) is 4.22. The van der Waals surface area contributed by atoms with Gasteiger partial charge in [0.1, 0.15) is 5.82 Å². The van der Waals surface area contributed by atoms with Crippen LogP contribution in [0.4, 0.5) is 5.82 Å². The van der Waals surface area contributed by atoms with Crippen molar-refractivity contribution >= 4 is 11.6 Å². The van der Waals surface area contributed by atoms with E-state index < -0.39 is 0 Å². The van der Waals surface area contributed by atoms with Crippen molar-refractivity contribution in [3.05, 3.63) is 93.4 Å². The van der Waals surface area contributed by atoms with E-state index >= 15 is 0 Å². The van der Waals surface area contributed by atoms with Gasteiger partial charge in [-0.3, -0.25) is 14.7 Å². The number of carbonyl (C=O) groups excluding carboxylic acids is 1. The lowest BCUT2D eigenvalue weighted by molar-refractivity contribution is -0.118. The summed E-state index contributed by atoms with van der Waals surface area (Å²) < 4.78 is 1.56. The van der Waals surface area contributed by atoms with Gasteiger partial charge in [0, 0.05) is 23.6 Å². The molecule has 0 bridgehead atoms. The SMILES string of the molecule is CC1(C)CC(=O)C2=C(C1)Nc1[nH]n(-c3ccccc3)c(=O)c1C2c1ccccc1. The first kappa shape index (κ1) is 17.7. The molecule has 0 saturated carbocycles. The van der Waals surface area contributed by atoms with Gasteiger partial charge in [-0.15, -0.1) is 0 Å². The van der Waals surface area contributed by atoms with E-state index in [-0.39, 0.29) is 22.7 Å². The van der Waals surface area contributed by atoms with Gasteiger partial charge in [0.2, 0.25) is 0 Å². The highest BCUT2D eigenvalue weighted by Crippen LogP contribution is 2.47. The predicted octanol–water partition coefficient (Wildman–Crippen LogP) is 4.37. The number of nitrogens with one attached hydrogen (secondary N) is 2. The molecule has 0 amide bonds. The van der Waals surface area contributed by atoms with E-state index in [2.05, 4.69) is 24.3 Å². The quantitative estimate of drug-likeness (QED) is 0.688. The molecule has 0 saturated heterocycles. The maximum atomic E-state index is 13.5. The van der Waals surface area contributed by atoms with Gasteiger partial charge in [0.15, 0.2) is 5.78 Å². The zero-order chi connectivity index (χ0) is 20.2. The molecule has 5 heteroatoms. The molecule has 5 nitrogen and oxygen atoms in total. The number of aromatic amines is 1. The number of nitrogens with zero attached hydrogens (tertiary/aromatic N) is 1. The number of Topliss-reactive ketones (excluding diaryl/α,β-unsaturated/α-hetero) is 1. The van der Waals surface area contributed by atoms with Crippen molar-refractivity contribution < 1.29 is 4.79 Å². The second-order valence-corrected chi connectivity index (χ2v) is 8.68. The molecule has 1 unspecified atom stereocenters. The number of H-pyrrole nitrogens is 1. The fraction of sp³-hybridized carbons (Fsp3) is 0.250. The number of para-hydroxylation sites is 1. The zero-order valence-electron chi connectivity index (χ0n) is 16.5. The minimum absolute atomic E-state index is 0.107. The van der Waals surface area contributed by atoms with Crippen LogP contribution < -0.4 is 10.9 Å². The molecule has 2 heterocycles. The average molecular weight is 385 g/mol. The first-order chi connectivity index (χ1) is 13.9. The largest absolute Gasteiger partial charge is 0.343 e. The van der Waals surface area contributed by atoms with E-state index in [1.807, 2.05) is 60.7 Å². The Labute approximate surface area is 169 Å². The van der Waals surface area contributed by atoms with Gasteiger partial charge < -0.3 is 5.32 Å². The number of fused-ring (bicyclic) bond motifs is 1. The number of ketones is 1. The Hall–Kier alpha value is -3.34. The molecule has 1 atom stereocenters. The third-order valence-corrected chi connectivity index (χ3v) is 5.85. The first-order valence-corrected chi connectivity index (χ1v) is 9.93. The summed E-state index contributed by atoms with van der Waals surface area (Å²) in [4.78, 5) is 26.7. The number of benzene rings is 2. The van der Waals surface area contributed by atoms with Crippen LogP contribution in [-0.2, 0) is 4.79 Å². The maximum Gasteiger partial charge on any atom is 0.277 e. The third kappa shape index (κ3) is 2.85. The predicted molar refractivity (Wildman–Crippen MR) is 113 cm³/mol. The monoisotopic (exact) mass is 385 g/mol. The van der Waals surface area contributed by atoms with Gasteiger partial charge >= 0.3 is 0 Å². The van der Waals surface area contributed by atoms with Crippen LogP contribution in [0, 0.1) is 5.41 Å². The molecule has 0 fully saturated rings. The third-order valence-electron chi connectivity index (χ3n) is 5.85. The summed E-state index contributed by atoms with van der Waals surface area (Å²) in [5, 5.41) is 6.64. The van der Waals surface area contributed by atoms with Crippen LogP contribution in [-0.4, -0.2) is 15.6 Å². The van der Waals surface area contributed by atoms with Gasteiger partial charge in [-0.25, -0.2) is 4.68 Å². The lowest BCUT2D eigenvalue weighted by atomic mass is 9.69. The Morgan fingerprint density at radius 3 is 2.28 bits per heavy atom. The molecule has 2 aliphatic rings. The van der Waals surface area contributed by atoms with Crippen LogP contribution >= 0.6 is 0 Å². The summed E-state index contributed by atoms with van der Waals surface area (Å²) >= 11 is 0. The fourth-order valence-corrected chi connectivity index (χ4v) is 4.63. The van der Waals surface area contributed by atoms with Crippen molar-refractivity contribution in [3.8, 4) is 5.69 Å². The fourth-order valence-electron chi connectivity index (χ4n) is 4.63. The zero-order valence-corrected chi connectivity index (χ0v) is 16.5. The minimum Gasteiger partial charge on any atom is -0.343 e. The van der Waals surface area contributed by atoms with E-state index in [1.54, 1.807) is 4.68 Å². The van der Waals surface area contributed by atoms with E-state index in [1.165, 1.54) is 0 Å². The normalized spacial score (nSPS) is 20.1. The van der Waals surface area contributed by atoms with E-state index in [0.29, 0.717) is 17.8 Å². The van der Waals surface area contributed by atoms with Crippen molar-refractivity contribution in [3.63, 3.8) is 0 Å². The van der Waals surface area contributed by atoms with E-state index in [4.69, 9.17) is 0 Å². The second-order valence-electron chi connectivity index (χ2n) is 8.68. The highest BCUT2D eigenvalue weighted by Gasteiger charge is 2.42. The van der Waals surface area contributed by atoms with Gasteiger partial charge in [-0.05, 0) is 29.5 Å². The average Bonchev–Trinajstić information content (AvgIpc) is 3.03. The number of anilines is 1. The topological polar surface area (TPSA) is 66.9 Å². The lowest BCUT2D eigenvalue weighted by Gasteiger charge is -2.37. The Balaban J connectivity index is 1.75. The molecule has 3 aromatic rings. The summed E-state index contributed by atoms with van der Waals surface area (Å²) in [7, 11) is 0. The van der Waals surface area contributed by atoms with Crippen molar-refractivity contribution in [2.24, 2.45) is 5.41 Å². The standard InChI is InChI=1S/C24H23N3O2/c1-24(2)13-17-20(18(28)14-24)19(15-9-5-3-6-10-15)21-22(25-17)26-27(23(21)29)16-11-7-4-8-12-16/h3-12,19,25-26H,13-14H2,1-2H3.